The Kier molecular flexibility index (Phi) is 4.20. The predicted molar refractivity (Wildman–Crippen MR) is 79.5 cm³/mol. The van der Waals surface area contributed by atoms with Crippen LogP contribution in [-0.4, -0.2) is 17.0 Å². The summed E-state index contributed by atoms with van der Waals surface area (Å²) in [7, 11) is 0. The van der Waals surface area contributed by atoms with Crippen LogP contribution in [0.4, 0.5) is 5.69 Å². The number of carbonyl (C=O) groups is 2. The van der Waals surface area contributed by atoms with Crippen LogP contribution < -0.4 is 5.32 Å². The van der Waals surface area contributed by atoms with Gasteiger partial charge in [0.2, 0.25) is 5.91 Å². The van der Waals surface area contributed by atoms with Gasteiger partial charge in [0.15, 0.2) is 0 Å². The first-order chi connectivity index (χ1) is 9.49. The highest BCUT2D eigenvalue weighted by Crippen LogP contribution is 2.24. The maximum atomic E-state index is 12.2. The van der Waals surface area contributed by atoms with Crippen molar-refractivity contribution >= 4 is 28.9 Å². The molecule has 1 unspecified atom stereocenters. The molecule has 2 N–H and O–H groups in total. The molecule has 4 nitrogen and oxygen atoms in total. The van der Waals surface area contributed by atoms with E-state index in [0.717, 1.165) is 10.4 Å². The van der Waals surface area contributed by atoms with E-state index in [1.807, 2.05) is 31.4 Å². The van der Waals surface area contributed by atoms with Gasteiger partial charge < -0.3 is 10.4 Å². The summed E-state index contributed by atoms with van der Waals surface area (Å²) in [5.74, 6) is -1.41. The monoisotopic (exact) mass is 289 g/mol. The van der Waals surface area contributed by atoms with Crippen LogP contribution in [0.1, 0.15) is 33.6 Å². The van der Waals surface area contributed by atoms with E-state index in [0.29, 0.717) is 5.69 Å². The zero-order valence-corrected chi connectivity index (χ0v) is 12.0. The van der Waals surface area contributed by atoms with Crippen LogP contribution in [-0.2, 0) is 4.79 Å². The number of anilines is 1. The van der Waals surface area contributed by atoms with Crippen molar-refractivity contribution in [2.75, 3.05) is 5.32 Å². The van der Waals surface area contributed by atoms with E-state index < -0.39 is 5.97 Å². The van der Waals surface area contributed by atoms with Crippen molar-refractivity contribution in [3.8, 4) is 0 Å². The minimum absolute atomic E-state index is 0.141. The maximum Gasteiger partial charge on any atom is 0.335 e. The van der Waals surface area contributed by atoms with E-state index in [4.69, 9.17) is 5.11 Å². The second kappa shape index (κ2) is 5.88. The number of aromatic carboxylic acids is 1. The molecule has 2 aromatic rings. The van der Waals surface area contributed by atoms with Crippen molar-refractivity contribution in [2.24, 2.45) is 0 Å². The molecule has 0 fully saturated rings. The lowest BCUT2D eigenvalue weighted by Gasteiger charge is -2.13. The lowest BCUT2D eigenvalue weighted by molar-refractivity contribution is -0.117. The summed E-state index contributed by atoms with van der Waals surface area (Å²) in [5, 5.41) is 13.7. The second-order valence-electron chi connectivity index (χ2n) is 4.56. The molecule has 1 heterocycles. The van der Waals surface area contributed by atoms with Gasteiger partial charge in [-0.25, -0.2) is 4.79 Å². The van der Waals surface area contributed by atoms with Crippen molar-refractivity contribution in [1.29, 1.82) is 0 Å². The van der Waals surface area contributed by atoms with E-state index in [9.17, 15) is 9.59 Å². The number of carboxylic acids is 1. The molecule has 1 aromatic heterocycles. The molecule has 2 rings (SSSR count). The average Bonchev–Trinajstić information content (AvgIpc) is 2.94. The fourth-order valence-corrected chi connectivity index (χ4v) is 2.58. The van der Waals surface area contributed by atoms with Crippen LogP contribution >= 0.6 is 11.3 Å². The predicted octanol–water partition coefficient (Wildman–Crippen LogP) is 3.50. The highest BCUT2D eigenvalue weighted by atomic mass is 32.1. The SMILES string of the molecule is Cc1ccc(C(=O)O)cc1NC(=O)C(C)c1cccs1. The fraction of sp³-hybridized carbons (Fsp3) is 0.200. The number of carboxylic acid groups (broad SMARTS) is 1. The molecule has 5 heteroatoms. The van der Waals surface area contributed by atoms with Crippen LogP contribution in [0, 0.1) is 6.92 Å². The molecule has 0 spiro atoms. The Labute approximate surface area is 121 Å². The van der Waals surface area contributed by atoms with E-state index >= 15 is 0 Å². The van der Waals surface area contributed by atoms with E-state index in [2.05, 4.69) is 5.32 Å². The molecular formula is C15H15NO3S. The van der Waals surface area contributed by atoms with Crippen LogP contribution in [0.15, 0.2) is 35.7 Å². The normalized spacial score (nSPS) is 11.9. The molecule has 1 aromatic carbocycles. The lowest BCUT2D eigenvalue weighted by Crippen LogP contribution is -2.19. The van der Waals surface area contributed by atoms with Gasteiger partial charge in [-0.15, -0.1) is 11.3 Å². The van der Waals surface area contributed by atoms with Crippen LogP contribution in [0.3, 0.4) is 0 Å². The lowest BCUT2D eigenvalue weighted by atomic mass is 10.1. The van der Waals surface area contributed by atoms with Crippen LogP contribution in [0.2, 0.25) is 0 Å². The molecule has 1 atom stereocenters. The number of benzene rings is 1. The number of hydrogen-bond acceptors (Lipinski definition) is 3. The summed E-state index contributed by atoms with van der Waals surface area (Å²) in [5.41, 5.74) is 1.54. The van der Waals surface area contributed by atoms with Gasteiger partial charge in [0, 0.05) is 10.6 Å². The maximum absolute atomic E-state index is 12.2. The van der Waals surface area contributed by atoms with Gasteiger partial charge in [0.25, 0.3) is 0 Å². The summed E-state index contributed by atoms with van der Waals surface area (Å²) in [6.45, 7) is 3.66. The largest absolute Gasteiger partial charge is 0.478 e. The van der Waals surface area contributed by atoms with Crippen molar-refractivity contribution in [3.63, 3.8) is 0 Å². The Morgan fingerprint density at radius 1 is 1.30 bits per heavy atom. The molecular weight excluding hydrogens is 274 g/mol. The quantitative estimate of drug-likeness (QED) is 0.905. The highest BCUT2D eigenvalue weighted by Gasteiger charge is 2.17. The number of aryl methyl sites for hydroxylation is 1. The molecule has 0 aliphatic rings. The summed E-state index contributed by atoms with van der Waals surface area (Å²) in [6.07, 6.45) is 0. The molecule has 0 bridgehead atoms. The zero-order valence-electron chi connectivity index (χ0n) is 11.2. The van der Waals surface area contributed by atoms with Gasteiger partial charge >= 0.3 is 5.97 Å². The van der Waals surface area contributed by atoms with E-state index in [1.165, 1.54) is 23.5 Å². The minimum atomic E-state index is -1.01. The molecule has 0 saturated heterocycles. The Bertz CT molecular complexity index is 635. The van der Waals surface area contributed by atoms with E-state index in [-0.39, 0.29) is 17.4 Å². The molecule has 0 aliphatic heterocycles. The third-order valence-electron chi connectivity index (χ3n) is 3.11. The van der Waals surface area contributed by atoms with Gasteiger partial charge in [-0.05, 0) is 43.0 Å². The summed E-state index contributed by atoms with van der Waals surface area (Å²) >= 11 is 1.53. The Morgan fingerprint density at radius 2 is 2.05 bits per heavy atom. The topological polar surface area (TPSA) is 66.4 Å². The number of rotatable bonds is 4. The van der Waals surface area contributed by atoms with Crippen LogP contribution in [0.5, 0.6) is 0 Å². The van der Waals surface area contributed by atoms with Crippen molar-refractivity contribution in [3.05, 3.63) is 51.7 Å². The standard InChI is InChI=1S/C15H15NO3S/c1-9-5-6-11(15(18)19)8-12(9)16-14(17)10(2)13-4-3-7-20-13/h3-8,10H,1-2H3,(H,16,17)(H,18,19). The Balaban J connectivity index is 2.19. The van der Waals surface area contributed by atoms with Crippen molar-refractivity contribution in [1.82, 2.24) is 0 Å². The summed E-state index contributed by atoms with van der Waals surface area (Å²) < 4.78 is 0. The summed E-state index contributed by atoms with van der Waals surface area (Å²) in [6, 6.07) is 8.51. The number of amides is 1. The smallest absolute Gasteiger partial charge is 0.335 e. The van der Waals surface area contributed by atoms with Crippen molar-refractivity contribution < 1.29 is 14.7 Å². The molecule has 104 valence electrons. The van der Waals surface area contributed by atoms with Gasteiger partial charge in [-0.1, -0.05) is 12.1 Å². The van der Waals surface area contributed by atoms with Gasteiger partial charge in [-0.3, -0.25) is 4.79 Å². The minimum Gasteiger partial charge on any atom is -0.478 e. The Morgan fingerprint density at radius 3 is 2.65 bits per heavy atom. The molecule has 0 saturated carbocycles. The van der Waals surface area contributed by atoms with Crippen molar-refractivity contribution in [2.45, 2.75) is 19.8 Å². The number of hydrogen-bond donors (Lipinski definition) is 2. The first-order valence-electron chi connectivity index (χ1n) is 6.17. The molecule has 1 amide bonds. The number of nitrogens with one attached hydrogen (secondary N) is 1. The average molecular weight is 289 g/mol. The van der Waals surface area contributed by atoms with Gasteiger partial charge in [0.05, 0.1) is 11.5 Å². The molecule has 0 aliphatic carbocycles. The first kappa shape index (κ1) is 14.3. The first-order valence-corrected chi connectivity index (χ1v) is 7.05. The van der Waals surface area contributed by atoms with Gasteiger partial charge in [-0.2, -0.15) is 0 Å². The van der Waals surface area contributed by atoms with Crippen LogP contribution in [0.25, 0.3) is 0 Å². The number of carbonyl (C=O) groups excluding carboxylic acids is 1. The van der Waals surface area contributed by atoms with Gasteiger partial charge in [0.1, 0.15) is 0 Å². The third-order valence-corrected chi connectivity index (χ3v) is 4.16. The fourth-order valence-electron chi connectivity index (χ4n) is 1.80. The number of thiophene rings is 1. The molecule has 0 radical (unpaired) electrons. The zero-order chi connectivity index (χ0) is 14.7. The second-order valence-corrected chi connectivity index (χ2v) is 5.54. The third kappa shape index (κ3) is 3.05. The molecule has 20 heavy (non-hydrogen) atoms. The summed E-state index contributed by atoms with van der Waals surface area (Å²) in [4.78, 5) is 24.1. The highest BCUT2D eigenvalue weighted by molar-refractivity contribution is 7.10. The Hall–Kier alpha value is -2.14. The van der Waals surface area contributed by atoms with E-state index in [1.54, 1.807) is 6.07 Å².